The molecular weight excluding hydrogens is 310 g/mol. The Morgan fingerprint density at radius 3 is 2.87 bits per heavy atom. The molecule has 1 aliphatic heterocycles. The predicted octanol–water partition coefficient (Wildman–Crippen LogP) is 2.12. The molecule has 0 bridgehead atoms. The van der Waals surface area contributed by atoms with Gasteiger partial charge in [0.05, 0.1) is 11.3 Å². The molecule has 2 atom stereocenters. The van der Waals surface area contributed by atoms with E-state index in [9.17, 15) is 8.42 Å². The molecule has 2 N–H and O–H groups in total. The number of sulfonamides is 1. The number of nitrogens with zero attached hydrogens (tertiary/aromatic N) is 2. The summed E-state index contributed by atoms with van der Waals surface area (Å²) in [7, 11) is -3.41. The molecule has 2 unspecified atom stereocenters. The fourth-order valence-electron chi connectivity index (χ4n) is 3.47. The number of piperidine rings is 1. The summed E-state index contributed by atoms with van der Waals surface area (Å²) in [6.45, 7) is 3.01. The van der Waals surface area contributed by atoms with E-state index >= 15 is 0 Å². The summed E-state index contributed by atoms with van der Waals surface area (Å²) in [5.41, 5.74) is 7.35. The minimum absolute atomic E-state index is 0.0232. The molecule has 0 spiro atoms. The molecule has 0 radical (unpaired) electrons. The van der Waals surface area contributed by atoms with Crippen LogP contribution in [0, 0.1) is 5.92 Å². The van der Waals surface area contributed by atoms with Crippen molar-refractivity contribution in [3.05, 3.63) is 42.1 Å². The van der Waals surface area contributed by atoms with E-state index in [1.165, 1.54) is 0 Å². The van der Waals surface area contributed by atoms with Gasteiger partial charge in [0.25, 0.3) is 0 Å². The number of aromatic nitrogens is 1. The second kappa shape index (κ2) is 6.55. The number of para-hydroxylation sites is 1. The van der Waals surface area contributed by atoms with Gasteiger partial charge in [0.1, 0.15) is 0 Å². The van der Waals surface area contributed by atoms with Crippen molar-refractivity contribution in [2.75, 3.05) is 13.1 Å². The Balaban J connectivity index is 1.94. The number of hydrogen-bond acceptors (Lipinski definition) is 4. The van der Waals surface area contributed by atoms with Crippen LogP contribution >= 0.6 is 0 Å². The summed E-state index contributed by atoms with van der Waals surface area (Å²) in [4.78, 5) is 4.36. The SMILES string of the molecule is CC1CCCN(S(=O)(=O)Cc2cccc3cccnc23)C1CN. The molecule has 1 aromatic carbocycles. The summed E-state index contributed by atoms with van der Waals surface area (Å²) < 4.78 is 27.5. The number of rotatable bonds is 4. The molecule has 23 heavy (non-hydrogen) atoms. The van der Waals surface area contributed by atoms with Gasteiger partial charge in [-0.2, -0.15) is 4.31 Å². The Morgan fingerprint density at radius 1 is 1.30 bits per heavy atom. The van der Waals surface area contributed by atoms with Crippen molar-refractivity contribution in [2.24, 2.45) is 11.7 Å². The van der Waals surface area contributed by atoms with Gasteiger partial charge < -0.3 is 5.73 Å². The third-order valence-corrected chi connectivity index (χ3v) is 6.56. The lowest BCUT2D eigenvalue weighted by atomic mass is 9.93. The van der Waals surface area contributed by atoms with E-state index in [-0.39, 0.29) is 11.8 Å². The number of fused-ring (bicyclic) bond motifs is 1. The first-order valence-electron chi connectivity index (χ1n) is 8.05. The van der Waals surface area contributed by atoms with Crippen LogP contribution in [0.1, 0.15) is 25.3 Å². The van der Waals surface area contributed by atoms with Gasteiger partial charge in [0.15, 0.2) is 0 Å². The molecule has 1 saturated heterocycles. The molecule has 3 rings (SSSR count). The van der Waals surface area contributed by atoms with Gasteiger partial charge >= 0.3 is 0 Å². The molecule has 1 aliphatic rings. The third-order valence-electron chi connectivity index (χ3n) is 4.72. The van der Waals surface area contributed by atoms with Crippen LogP contribution in [0.4, 0.5) is 0 Å². The van der Waals surface area contributed by atoms with Crippen LogP contribution in [-0.2, 0) is 15.8 Å². The molecular formula is C17H23N3O2S. The summed E-state index contributed by atoms with van der Waals surface area (Å²) in [5, 5.41) is 0.961. The number of benzene rings is 1. The Kier molecular flexibility index (Phi) is 4.66. The van der Waals surface area contributed by atoms with E-state index in [4.69, 9.17) is 5.73 Å². The van der Waals surface area contributed by atoms with Crippen molar-refractivity contribution in [1.82, 2.24) is 9.29 Å². The molecule has 5 nitrogen and oxygen atoms in total. The Morgan fingerprint density at radius 2 is 2.09 bits per heavy atom. The van der Waals surface area contributed by atoms with Crippen molar-refractivity contribution in [3.63, 3.8) is 0 Å². The first kappa shape index (κ1) is 16.4. The van der Waals surface area contributed by atoms with Crippen LogP contribution in [0.5, 0.6) is 0 Å². The van der Waals surface area contributed by atoms with Gasteiger partial charge in [-0.05, 0) is 30.4 Å². The summed E-state index contributed by atoms with van der Waals surface area (Å²) >= 11 is 0. The molecule has 6 heteroatoms. The lowest BCUT2D eigenvalue weighted by Gasteiger charge is -2.38. The zero-order valence-corrected chi connectivity index (χ0v) is 14.2. The van der Waals surface area contributed by atoms with Crippen molar-refractivity contribution >= 4 is 20.9 Å². The van der Waals surface area contributed by atoms with E-state index in [1.54, 1.807) is 10.5 Å². The molecule has 2 heterocycles. The highest BCUT2D eigenvalue weighted by Gasteiger charge is 2.35. The van der Waals surface area contributed by atoms with Gasteiger partial charge in [0, 0.05) is 30.7 Å². The molecule has 1 aromatic heterocycles. The normalized spacial score (nSPS) is 23.2. The highest BCUT2D eigenvalue weighted by atomic mass is 32.2. The maximum absolute atomic E-state index is 13.0. The first-order valence-corrected chi connectivity index (χ1v) is 9.66. The quantitative estimate of drug-likeness (QED) is 0.930. The van der Waals surface area contributed by atoms with Gasteiger partial charge in [-0.3, -0.25) is 4.98 Å². The molecule has 0 aliphatic carbocycles. The van der Waals surface area contributed by atoms with E-state index in [1.807, 2.05) is 30.3 Å². The van der Waals surface area contributed by atoms with Crippen LogP contribution in [0.15, 0.2) is 36.5 Å². The second-order valence-electron chi connectivity index (χ2n) is 6.28. The predicted molar refractivity (Wildman–Crippen MR) is 92.3 cm³/mol. The van der Waals surface area contributed by atoms with E-state index in [2.05, 4.69) is 11.9 Å². The zero-order chi connectivity index (χ0) is 16.4. The molecule has 0 amide bonds. The Bertz CT molecular complexity index is 786. The van der Waals surface area contributed by atoms with Gasteiger partial charge in [-0.15, -0.1) is 0 Å². The maximum atomic E-state index is 13.0. The molecule has 0 saturated carbocycles. The standard InChI is InChI=1S/C17H23N3O2S/c1-13-5-4-10-20(16(13)11-18)23(21,22)12-15-7-2-6-14-8-3-9-19-17(14)15/h2-3,6-9,13,16H,4-5,10-12,18H2,1H3. The van der Waals surface area contributed by atoms with Crippen LogP contribution in [-0.4, -0.2) is 36.8 Å². The fourth-order valence-corrected chi connectivity index (χ4v) is 5.38. The average Bonchev–Trinajstić information content (AvgIpc) is 2.54. The first-order chi connectivity index (χ1) is 11.0. The molecule has 2 aromatic rings. The lowest BCUT2D eigenvalue weighted by Crippen LogP contribution is -2.51. The second-order valence-corrected chi connectivity index (χ2v) is 8.20. The number of pyridine rings is 1. The monoisotopic (exact) mass is 333 g/mol. The van der Waals surface area contributed by atoms with Gasteiger partial charge in [0.2, 0.25) is 10.0 Å². The van der Waals surface area contributed by atoms with E-state index < -0.39 is 10.0 Å². The van der Waals surface area contributed by atoms with E-state index in [0.29, 0.717) is 19.0 Å². The van der Waals surface area contributed by atoms with Crippen LogP contribution in [0.2, 0.25) is 0 Å². The fraction of sp³-hybridized carbons (Fsp3) is 0.471. The third kappa shape index (κ3) is 3.24. The molecule has 1 fully saturated rings. The Hall–Kier alpha value is -1.50. The minimum atomic E-state index is -3.41. The van der Waals surface area contributed by atoms with E-state index in [0.717, 1.165) is 29.3 Å². The highest BCUT2D eigenvalue weighted by Crippen LogP contribution is 2.28. The summed E-state index contributed by atoms with van der Waals surface area (Å²) in [6, 6.07) is 9.38. The zero-order valence-electron chi connectivity index (χ0n) is 13.4. The largest absolute Gasteiger partial charge is 0.329 e. The summed E-state index contributed by atoms with van der Waals surface area (Å²) in [5.74, 6) is 0.277. The maximum Gasteiger partial charge on any atom is 0.218 e. The van der Waals surface area contributed by atoms with Crippen molar-refractivity contribution in [3.8, 4) is 0 Å². The number of nitrogens with two attached hydrogens (primary N) is 1. The Labute approximate surface area is 137 Å². The molecule has 124 valence electrons. The van der Waals surface area contributed by atoms with Crippen LogP contribution in [0.25, 0.3) is 10.9 Å². The van der Waals surface area contributed by atoms with Gasteiger partial charge in [-0.1, -0.05) is 31.2 Å². The lowest BCUT2D eigenvalue weighted by molar-refractivity contribution is 0.192. The minimum Gasteiger partial charge on any atom is -0.329 e. The smallest absolute Gasteiger partial charge is 0.218 e. The van der Waals surface area contributed by atoms with Gasteiger partial charge in [-0.25, -0.2) is 8.42 Å². The van der Waals surface area contributed by atoms with Crippen molar-refractivity contribution in [2.45, 2.75) is 31.6 Å². The van der Waals surface area contributed by atoms with Crippen molar-refractivity contribution in [1.29, 1.82) is 0 Å². The number of hydrogen-bond donors (Lipinski definition) is 1. The van der Waals surface area contributed by atoms with Crippen molar-refractivity contribution < 1.29 is 8.42 Å². The van der Waals surface area contributed by atoms with Crippen LogP contribution in [0.3, 0.4) is 0 Å². The highest BCUT2D eigenvalue weighted by molar-refractivity contribution is 7.88. The topological polar surface area (TPSA) is 76.3 Å². The summed E-state index contributed by atoms with van der Waals surface area (Å²) in [6.07, 6.45) is 3.62. The average molecular weight is 333 g/mol. The van der Waals surface area contributed by atoms with Crippen LogP contribution < -0.4 is 5.73 Å².